The number of carbonyl (C=O) groups is 1. The Balaban J connectivity index is 0.00000220. The summed E-state index contributed by atoms with van der Waals surface area (Å²) in [5.74, 6) is 0.485. The number of hydrogen-bond donors (Lipinski definition) is 1. The van der Waals surface area contributed by atoms with Crippen molar-refractivity contribution < 1.29 is 11.0 Å². The van der Waals surface area contributed by atoms with Gasteiger partial charge in [0.25, 0.3) is 5.91 Å². The lowest BCUT2D eigenvalue weighted by Gasteiger charge is -2.39. The largest absolute Gasteiger partial charge is 0.486 e. The van der Waals surface area contributed by atoms with E-state index in [1.165, 1.54) is 0 Å². The van der Waals surface area contributed by atoms with E-state index in [1.54, 1.807) is 31.5 Å². The third-order valence-corrected chi connectivity index (χ3v) is 3.14. The molecule has 0 aromatic carbocycles. The smallest absolute Gasteiger partial charge is 0.269 e. The molecule has 1 saturated heterocycles. The van der Waals surface area contributed by atoms with Crippen LogP contribution in [0.5, 0.6) is 5.75 Å². The maximum absolute atomic E-state index is 11.4. The minimum Gasteiger partial charge on any atom is -0.486 e. The van der Waals surface area contributed by atoms with Crippen LogP contribution in [0.15, 0.2) is 43.1 Å². The average molecular weight is 275 g/mol. The molecule has 0 atom stereocenters. The fraction of sp³-hybridized carbons (Fsp3) is 0.333. The van der Waals surface area contributed by atoms with E-state index in [1.807, 2.05) is 0 Å². The molecule has 0 saturated carbocycles. The molecule has 2 heterocycles. The summed E-state index contributed by atoms with van der Waals surface area (Å²) in [5, 5.41) is 2.53. The van der Waals surface area contributed by atoms with Crippen LogP contribution in [0.3, 0.4) is 0 Å². The summed E-state index contributed by atoms with van der Waals surface area (Å²) >= 11 is 0. The summed E-state index contributed by atoms with van der Waals surface area (Å²) in [6, 6.07) is 3.42. The van der Waals surface area contributed by atoms with Crippen molar-refractivity contribution in [1.29, 1.82) is 0 Å². The summed E-state index contributed by atoms with van der Waals surface area (Å²) in [6.45, 7) is 10.1. The van der Waals surface area contributed by atoms with Crippen LogP contribution in [-0.2, 0) is 0 Å². The Kier molecular flexibility index (Phi) is 4.53. The predicted molar refractivity (Wildman–Crippen MR) is 79.9 cm³/mol. The van der Waals surface area contributed by atoms with Gasteiger partial charge in [-0.3, -0.25) is 9.69 Å². The van der Waals surface area contributed by atoms with Gasteiger partial charge in [0.2, 0.25) is 0 Å². The van der Waals surface area contributed by atoms with E-state index in [2.05, 4.69) is 28.4 Å². The first-order chi connectivity index (χ1) is 9.62. The Morgan fingerprint density at radius 3 is 2.95 bits per heavy atom. The van der Waals surface area contributed by atoms with Crippen molar-refractivity contribution in [3.63, 3.8) is 0 Å². The molecule has 1 aromatic rings. The highest BCUT2D eigenvalue weighted by atomic mass is 16.5. The zero-order valence-electron chi connectivity index (χ0n) is 11.6. The third-order valence-electron chi connectivity index (χ3n) is 3.14. The van der Waals surface area contributed by atoms with Crippen molar-refractivity contribution in [1.82, 2.24) is 15.2 Å². The maximum atomic E-state index is 11.4. The summed E-state index contributed by atoms with van der Waals surface area (Å²) in [6.07, 6.45) is 3.52. The van der Waals surface area contributed by atoms with Crippen LogP contribution in [0, 0.1) is 0 Å². The third kappa shape index (κ3) is 3.45. The molecule has 108 valence electrons. The van der Waals surface area contributed by atoms with Gasteiger partial charge in [-0.2, -0.15) is 0 Å². The molecule has 5 nitrogen and oxygen atoms in total. The molecule has 2 rings (SSSR count). The molecule has 0 aliphatic carbocycles. The monoisotopic (exact) mass is 275 g/mol. The molecule has 0 bridgehead atoms. The summed E-state index contributed by atoms with van der Waals surface area (Å²) in [7, 11) is 1.58. The molecule has 1 aliphatic heterocycles. The van der Waals surface area contributed by atoms with E-state index in [-0.39, 0.29) is 13.4 Å². The van der Waals surface area contributed by atoms with Gasteiger partial charge in [-0.25, -0.2) is 4.98 Å². The van der Waals surface area contributed by atoms with Crippen LogP contribution in [0.4, 0.5) is 0 Å². The van der Waals surface area contributed by atoms with Crippen molar-refractivity contribution in [2.45, 2.75) is 6.10 Å². The first-order valence-corrected chi connectivity index (χ1v) is 6.49. The molecule has 0 radical (unpaired) electrons. The van der Waals surface area contributed by atoms with E-state index in [0.717, 1.165) is 25.2 Å². The van der Waals surface area contributed by atoms with Gasteiger partial charge in [-0.05, 0) is 17.7 Å². The molecule has 5 heteroatoms. The van der Waals surface area contributed by atoms with Crippen molar-refractivity contribution in [2.75, 3.05) is 26.7 Å². The Labute approximate surface area is 120 Å². The predicted octanol–water partition coefficient (Wildman–Crippen LogP) is 1.49. The van der Waals surface area contributed by atoms with Crippen LogP contribution in [0.2, 0.25) is 0 Å². The van der Waals surface area contributed by atoms with Crippen molar-refractivity contribution in [2.24, 2.45) is 0 Å². The van der Waals surface area contributed by atoms with Gasteiger partial charge in [-0.1, -0.05) is 19.2 Å². The zero-order valence-corrected chi connectivity index (χ0v) is 11.6. The number of likely N-dealkylation sites (tertiary alicyclic amines) is 1. The number of rotatable bonds is 6. The Bertz CT molecular complexity index is 510. The van der Waals surface area contributed by atoms with Crippen molar-refractivity contribution in [3.05, 3.63) is 48.8 Å². The van der Waals surface area contributed by atoms with Crippen LogP contribution in [0.25, 0.3) is 0 Å². The van der Waals surface area contributed by atoms with Gasteiger partial charge in [0.1, 0.15) is 17.5 Å². The van der Waals surface area contributed by atoms with Crippen LogP contribution in [-0.4, -0.2) is 48.6 Å². The lowest BCUT2D eigenvalue weighted by atomic mass is 10.1. The van der Waals surface area contributed by atoms with Gasteiger partial charge < -0.3 is 10.1 Å². The number of hydrogen-bond acceptors (Lipinski definition) is 4. The first-order valence-electron chi connectivity index (χ1n) is 6.49. The van der Waals surface area contributed by atoms with Crippen LogP contribution < -0.4 is 10.1 Å². The average Bonchev–Trinajstić information content (AvgIpc) is 2.44. The van der Waals surface area contributed by atoms with Crippen LogP contribution in [0.1, 0.15) is 11.9 Å². The minimum atomic E-state index is -0.200. The summed E-state index contributed by atoms with van der Waals surface area (Å²) < 4.78 is 5.77. The number of nitrogens with zero attached hydrogens (tertiary/aromatic N) is 2. The first kappa shape index (κ1) is 14.3. The lowest BCUT2D eigenvalue weighted by Crippen LogP contribution is -2.54. The zero-order chi connectivity index (χ0) is 14.5. The van der Waals surface area contributed by atoms with Gasteiger partial charge in [0, 0.05) is 28.1 Å². The molecule has 1 aliphatic rings. The van der Waals surface area contributed by atoms with Crippen molar-refractivity contribution in [3.8, 4) is 5.75 Å². The van der Waals surface area contributed by atoms with Gasteiger partial charge in [0.15, 0.2) is 0 Å². The van der Waals surface area contributed by atoms with E-state index in [9.17, 15) is 4.79 Å². The number of nitrogens with one attached hydrogen (secondary N) is 1. The molecular formula is C15H21N3O2. The maximum Gasteiger partial charge on any atom is 0.269 e. The highest BCUT2D eigenvalue weighted by molar-refractivity contribution is 5.91. The van der Waals surface area contributed by atoms with Gasteiger partial charge in [-0.15, -0.1) is 0 Å². The summed E-state index contributed by atoms with van der Waals surface area (Å²) in [4.78, 5) is 17.7. The number of amides is 1. The second-order valence-electron chi connectivity index (χ2n) is 4.75. The molecule has 1 amide bonds. The molecule has 1 aromatic heterocycles. The second kappa shape index (κ2) is 6.34. The van der Waals surface area contributed by atoms with E-state index < -0.39 is 0 Å². The highest BCUT2D eigenvalue weighted by Crippen LogP contribution is 2.18. The minimum absolute atomic E-state index is 0. The molecule has 0 spiro atoms. The number of pyridine rings is 1. The van der Waals surface area contributed by atoms with E-state index in [4.69, 9.17) is 4.74 Å². The Morgan fingerprint density at radius 1 is 1.65 bits per heavy atom. The lowest BCUT2D eigenvalue weighted by molar-refractivity contribution is 0.0268. The molecule has 0 unspecified atom stereocenters. The van der Waals surface area contributed by atoms with Gasteiger partial charge in [0.05, 0.1) is 6.20 Å². The topological polar surface area (TPSA) is 54.5 Å². The highest BCUT2D eigenvalue weighted by Gasteiger charge is 2.28. The van der Waals surface area contributed by atoms with E-state index >= 15 is 0 Å². The normalized spacial score (nSPS) is 15.2. The quantitative estimate of drug-likeness (QED) is 0.799. The standard InChI is InChI=1S/C15H19N3O2.H2/c1-4-11(2)8-18-9-13(10-18)20-12-5-6-14(17-7-12)15(19)16-3;/h4-7,13H,1-2,8-10H2,3H3,(H,16,19);1H. The number of ether oxygens (including phenoxy) is 1. The Hall–Kier alpha value is -2.14. The molecule has 1 fully saturated rings. The summed E-state index contributed by atoms with van der Waals surface area (Å²) in [5.41, 5.74) is 1.40. The van der Waals surface area contributed by atoms with Crippen LogP contribution >= 0.6 is 0 Å². The van der Waals surface area contributed by atoms with Gasteiger partial charge >= 0.3 is 0 Å². The number of aromatic nitrogens is 1. The Morgan fingerprint density at radius 2 is 2.40 bits per heavy atom. The number of carbonyl (C=O) groups excluding carboxylic acids is 1. The second-order valence-corrected chi connectivity index (χ2v) is 4.75. The fourth-order valence-electron chi connectivity index (χ4n) is 1.98. The fourth-order valence-corrected chi connectivity index (χ4v) is 1.98. The SMILES string of the molecule is C=CC(=C)CN1CC(Oc2ccc(C(=O)NC)nc2)C1.[HH]. The van der Waals surface area contributed by atoms with Crippen molar-refractivity contribution >= 4 is 5.91 Å². The molecular weight excluding hydrogens is 254 g/mol. The molecule has 20 heavy (non-hydrogen) atoms. The molecule has 1 N–H and O–H groups in total. The van der Waals surface area contributed by atoms with E-state index in [0.29, 0.717) is 11.4 Å².